The molecule has 6 nitrogen and oxygen atoms in total. The Labute approximate surface area is 129 Å². The Morgan fingerprint density at radius 2 is 2.27 bits per heavy atom. The van der Waals surface area contributed by atoms with Crippen LogP contribution < -0.4 is 9.47 Å². The van der Waals surface area contributed by atoms with Crippen molar-refractivity contribution >= 4 is 11.8 Å². The molecule has 1 unspecified atom stereocenters. The number of hydrogen-bond acceptors (Lipinski definition) is 4. The van der Waals surface area contributed by atoms with Gasteiger partial charge in [-0.15, -0.1) is 0 Å². The molecule has 0 aromatic heterocycles. The van der Waals surface area contributed by atoms with Gasteiger partial charge in [-0.05, 0) is 25.0 Å². The van der Waals surface area contributed by atoms with Crippen molar-refractivity contribution in [2.45, 2.75) is 13.3 Å². The van der Waals surface area contributed by atoms with Crippen LogP contribution in [-0.4, -0.2) is 55.1 Å². The first-order chi connectivity index (χ1) is 10.6. The molecule has 0 radical (unpaired) electrons. The SMILES string of the molecule is CCN1CN(C(=O)C2COc3c(cccc3OC)C2)CC1=O. The fraction of sp³-hybridized carbons (Fsp3) is 0.500. The Hall–Kier alpha value is -2.24. The van der Waals surface area contributed by atoms with Crippen LogP contribution in [0.3, 0.4) is 0 Å². The summed E-state index contributed by atoms with van der Waals surface area (Å²) in [6.07, 6.45) is 0.613. The van der Waals surface area contributed by atoms with E-state index in [0.717, 1.165) is 11.3 Å². The molecule has 2 aliphatic heterocycles. The number of carbonyl (C=O) groups excluding carboxylic acids is 2. The fourth-order valence-electron chi connectivity index (χ4n) is 2.99. The lowest BCUT2D eigenvalue weighted by atomic mass is 9.95. The Balaban J connectivity index is 1.72. The maximum Gasteiger partial charge on any atom is 0.243 e. The first-order valence-electron chi connectivity index (χ1n) is 7.49. The van der Waals surface area contributed by atoms with Gasteiger partial charge >= 0.3 is 0 Å². The molecule has 0 aliphatic carbocycles. The van der Waals surface area contributed by atoms with Crippen molar-refractivity contribution in [1.82, 2.24) is 9.80 Å². The number of carbonyl (C=O) groups is 2. The molecule has 1 atom stereocenters. The van der Waals surface area contributed by atoms with Gasteiger partial charge in [0.1, 0.15) is 13.2 Å². The summed E-state index contributed by atoms with van der Waals surface area (Å²) in [6.45, 7) is 3.43. The van der Waals surface area contributed by atoms with Crippen LogP contribution in [0.5, 0.6) is 11.5 Å². The third kappa shape index (κ3) is 2.49. The second-order valence-electron chi connectivity index (χ2n) is 5.59. The van der Waals surface area contributed by atoms with Crippen molar-refractivity contribution in [3.8, 4) is 11.5 Å². The van der Waals surface area contributed by atoms with E-state index in [1.54, 1.807) is 16.9 Å². The van der Waals surface area contributed by atoms with Gasteiger partial charge in [0.05, 0.1) is 19.7 Å². The summed E-state index contributed by atoms with van der Waals surface area (Å²) < 4.78 is 11.0. The predicted octanol–water partition coefficient (Wildman–Crippen LogP) is 0.895. The molecule has 0 N–H and O–H groups in total. The molecular formula is C16H20N2O4. The van der Waals surface area contributed by atoms with E-state index < -0.39 is 0 Å². The summed E-state index contributed by atoms with van der Waals surface area (Å²) >= 11 is 0. The number of methoxy groups -OCH3 is 1. The van der Waals surface area contributed by atoms with Gasteiger partial charge in [0.15, 0.2) is 11.5 Å². The van der Waals surface area contributed by atoms with Gasteiger partial charge in [0.25, 0.3) is 0 Å². The lowest BCUT2D eigenvalue weighted by molar-refractivity contribution is -0.137. The van der Waals surface area contributed by atoms with E-state index in [2.05, 4.69) is 0 Å². The third-order valence-corrected chi connectivity index (χ3v) is 4.24. The lowest BCUT2D eigenvalue weighted by Crippen LogP contribution is -2.40. The molecular weight excluding hydrogens is 284 g/mol. The van der Waals surface area contributed by atoms with Crippen molar-refractivity contribution in [2.75, 3.05) is 33.5 Å². The van der Waals surface area contributed by atoms with E-state index in [1.807, 2.05) is 25.1 Å². The van der Waals surface area contributed by atoms with Crippen LogP contribution in [0.2, 0.25) is 0 Å². The van der Waals surface area contributed by atoms with Gasteiger partial charge in [-0.25, -0.2) is 0 Å². The number of benzene rings is 1. The van der Waals surface area contributed by atoms with Crippen LogP contribution in [0, 0.1) is 5.92 Å². The largest absolute Gasteiger partial charge is 0.493 e. The molecule has 22 heavy (non-hydrogen) atoms. The van der Waals surface area contributed by atoms with Crippen molar-refractivity contribution < 1.29 is 19.1 Å². The molecule has 2 amide bonds. The highest BCUT2D eigenvalue weighted by atomic mass is 16.5. The second kappa shape index (κ2) is 5.87. The zero-order valence-corrected chi connectivity index (χ0v) is 12.9. The topological polar surface area (TPSA) is 59.1 Å². The Morgan fingerprint density at radius 3 is 2.95 bits per heavy atom. The van der Waals surface area contributed by atoms with E-state index in [1.165, 1.54) is 0 Å². The van der Waals surface area contributed by atoms with E-state index >= 15 is 0 Å². The number of ether oxygens (including phenoxy) is 2. The Morgan fingerprint density at radius 1 is 1.45 bits per heavy atom. The van der Waals surface area contributed by atoms with Crippen LogP contribution >= 0.6 is 0 Å². The molecule has 0 saturated carbocycles. The molecule has 118 valence electrons. The molecule has 1 fully saturated rings. The number of amides is 2. The van der Waals surface area contributed by atoms with Gasteiger partial charge in [0.2, 0.25) is 11.8 Å². The highest BCUT2D eigenvalue weighted by Gasteiger charge is 2.36. The first kappa shape index (κ1) is 14.7. The minimum atomic E-state index is -0.246. The van der Waals surface area contributed by atoms with Crippen LogP contribution in [-0.2, 0) is 16.0 Å². The normalized spacial score (nSPS) is 20.6. The standard InChI is InChI=1S/C16H20N2O4/c1-3-17-10-18(8-14(17)19)16(20)12-7-11-5-4-6-13(21-2)15(11)22-9-12/h4-6,12H,3,7-10H2,1-2H3. The van der Waals surface area contributed by atoms with E-state index in [-0.39, 0.29) is 24.3 Å². The molecule has 6 heteroatoms. The number of nitrogens with zero attached hydrogens (tertiary/aromatic N) is 2. The second-order valence-corrected chi connectivity index (χ2v) is 5.59. The van der Waals surface area contributed by atoms with E-state index in [0.29, 0.717) is 32.0 Å². The molecule has 1 aromatic rings. The average Bonchev–Trinajstić information content (AvgIpc) is 2.93. The number of hydrogen-bond donors (Lipinski definition) is 0. The van der Waals surface area contributed by atoms with E-state index in [4.69, 9.17) is 9.47 Å². The highest BCUT2D eigenvalue weighted by Crippen LogP contribution is 2.36. The Bertz CT molecular complexity index is 602. The zero-order chi connectivity index (χ0) is 15.7. The van der Waals surface area contributed by atoms with Crippen LogP contribution in [0.25, 0.3) is 0 Å². The molecule has 1 aromatic carbocycles. The highest BCUT2D eigenvalue weighted by molar-refractivity contribution is 5.89. The van der Waals surface area contributed by atoms with Gasteiger partial charge < -0.3 is 19.3 Å². The maximum absolute atomic E-state index is 12.6. The third-order valence-electron chi connectivity index (χ3n) is 4.24. The molecule has 0 spiro atoms. The van der Waals surface area contributed by atoms with Crippen molar-refractivity contribution in [3.05, 3.63) is 23.8 Å². The minimum Gasteiger partial charge on any atom is -0.493 e. The molecule has 1 saturated heterocycles. The minimum absolute atomic E-state index is 0.00893. The number of fused-ring (bicyclic) bond motifs is 1. The lowest BCUT2D eigenvalue weighted by Gasteiger charge is -2.28. The van der Waals surface area contributed by atoms with Gasteiger partial charge in [-0.3, -0.25) is 9.59 Å². The molecule has 0 bridgehead atoms. The van der Waals surface area contributed by atoms with Gasteiger partial charge in [-0.1, -0.05) is 12.1 Å². The summed E-state index contributed by atoms with van der Waals surface area (Å²) in [5.41, 5.74) is 0.974. The summed E-state index contributed by atoms with van der Waals surface area (Å²) in [7, 11) is 1.60. The van der Waals surface area contributed by atoms with Crippen molar-refractivity contribution in [2.24, 2.45) is 5.92 Å². The summed E-state index contributed by atoms with van der Waals surface area (Å²) in [4.78, 5) is 27.7. The van der Waals surface area contributed by atoms with Crippen LogP contribution in [0.15, 0.2) is 18.2 Å². The number of rotatable bonds is 3. The first-order valence-corrected chi connectivity index (χ1v) is 7.49. The summed E-state index contributed by atoms with van der Waals surface area (Å²) in [5, 5.41) is 0. The van der Waals surface area contributed by atoms with Crippen molar-refractivity contribution in [1.29, 1.82) is 0 Å². The van der Waals surface area contributed by atoms with Gasteiger partial charge in [-0.2, -0.15) is 0 Å². The quantitative estimate of drug-likeness (QED) is 0.832. The van der Waals surface area contributed by atoms with Crippen molar-refractivity contribution in [3.63, 3.8) is 0 Å². The molecule has 3 rings (SSSR count). The molecule has 2 aliphatic rings. The number of likely N-dealkylation sites (N-methyl/N-ethyl adjacent to an activating group) is 1. The summed E-state index contributed by atoms with van der Waals surface area (Å²) in [6, 6.07) is 5.69. The molecule has 2 heterocycles. The zero-order valence-electron chi connectivity index (χ0n) is 12.9. The van der Waals surface area contributed by atoms with E-state index in [9.17, 15) is 9.59 Å². The summed E-state index contributed by atoms with van der Waals surface area (Å²) in [5.74, 6) is 1.16. The predicted molar refractivity (Wildman–Crippen MR) is 79.7 cm³/mol. The number of para-hydroxylation sites is 1. The smallest absolute Gasteiger partial charge is 0.243 e. The maximum atomic E-state index is 12.6. The van der Waals surface area contributed by atoms with Crippen LogP contribution in [0.4, 0.5) is 0 Å². The Kier molecular flexibility index (Phi) is 3.92. The monoisotopic (exact) mass is 304 g/mol. The fourth-order valence-corrected chi connectivity index (χ4v) is 2.99. The van der Waals surface area contributed by atoms with Gasteiger partial charge in [0, 0.05) is 6.54 Å². The average molecular weight is 304 g/mol. The van der Waals surface area contributed by atoms with Crippen LogP contribution in [0.1, 0.15) is 12.5 Å².